The van der Waals surface area contributed by atoms with E-state index in [2.05, 4.69) is 20.8 Å². The lowest BCUT2D eigenvalue weighted by molar-refractivity contribution is 0.102. The van der Waals surface area contributed by atoms with Crippen molar-refractivity contribution in [2.75, 3.05) is 12.4 Å². The van der Waals surface area contributed by atoms with E-state index in [0.29, 0.717) is 22.7 Å². The number of amides is 1. The van der Waals surface area contributed by atoms with Crippen LogP contribution in [0.5, 0.6) is 5.75 Å². The highest BCUT2D eigenvalue weighted by Gasteiger charge is 2.11. The van der Waals surface area contributed by atoms with E-state index >= 15 is 0 Å². The Kier molecular flexibility index (Phi) is 3.96. The predicted octanol–water partition coefficient (Wildman–Crippen LogP) is 2.06. The maximum absolute atomic E-state index is 12.9. The molecule has 1 aromatic heterocycles. The lowest BCUT2D eigenvalue weighted by Gasteiger charge is -2.11. The molecule has 0 aliphatic carbocycles. The van der Waals surface area contributed by atoms with Gasteiger partial charge in [0.1, 0.15) is 23.6 Å². The number of ether oxygens (including phenoxy) is 1. The van der Waals surface area contributed by atoms with Gasteiger partial charge in [0.05, 0.1) is 7.11 Å². The summed E-state index contributed by atoms with van der Waals surface area (Å²) in [6.07, 6.45) is 1.44. The van der Waals surface area contributed by atoms with Gasteiger partial charge in [0.2, 0.25) is 0 Å². The molecule has 0 bridgehead atoms. The fourth-order valence-electron chi connectivity index (χ4n) is 2.02. The van der Waals surface area contributed by atoms with E-state index in [1.54, 1.807) is 18.2 Å². The number of benzene rings is 2. The van der Waals surface area contributed by atoms with Crippen LogP contribution in [0.1, 0.15) is 10.4 Å². The first-order valence-electron chi connectivity index (χ1n) is 6.65. The summed E-state index contributed by atoms with van der Waals surface area (Å²) < 4.78 is 19.6. The molecule has 1 N–H and O–H groups in total. The molecule has 0 saturated carbocycles. The van der Waals surface area contributed by atoms with E-state index in [9.17, 15) is 9.18 Å². The molecule has 23 heavy (non-hydrogen) atoms. The van der Waals surface area contributed by atoms with Crippen molar-refractivity contribution in [3.63, 3.8) is 0 Å². The van der Waals surface area contributed by atoms with Gasteiger partial charge in [-0.1, -0.05) is 0 Å². The average Bonchev–Trinajstić information content (AvgIpc) is 3.09. The molecule has 0 saturated heterocycles. The van der Waals surface area contributed by atoms with Crippen LogP contribution in [-0.2, 0) is 0 Å². The number of hydrogen-bond acceptors (Lipinski definition) is 5. The molecule has 0 unspecified atom stereocenters. The normalized spacial score (nSPS) is 10.3. The Labute approximate surface area is 130 Å². The Morgan fingerprint density at radius 3 is 2.65 bits per heavy atom. The van der Waals surface area contributed by atoms with Crippen LogP contribution in [-0.4, -0.2) is 33.2 Å². The molecule has 0 spiro atoms. The average molecular weight is 313 g/mol. The molecule has 0 aliphatic rings. The Morgan fingerprint density at radius 1 is 1.22 bits per heavy atom. The van der Waals surface area contributed by atoms with E-state index in [0.717, 1.165) is 0 Å². The number of rotatable bonds is 4. The standard InChI is InChI=1S/C15H12FN5O2/c1-23-14-8-12(6-7-13(14)21-9-17-19-20-21)18-15(22)10-2-4-11(16)5-3-10/h2-9H,1H3,(H,18,22). The van der Waals surface area contributed by atoms with E-state index < -0.39 is 5.82 Å². The van der Waals surface area contributed by atoms with Crippen molar-refractivity contribution in [3.05, 3.63) is 60.2 Å². The first-order chi connectivity index (χ1) is 11.2. The van der Waals surface area contributed by atoms with E-state index in [4.69, 9.17) is 4.74 Å². The Balaban J connectivity index is 1.83. The Morgan fingerprint density at radius 2 is 2.00 bits per heavy atom. The summed E-state index contributed by atoms with van der Waals surface area (Å²) in [7, 11) is 1.51. The number of halogens is 1. The summed E-state index contributed by atoms with van der Waals surface area (Å²) >= 11 is 0. The molecule has 1 amide bonds. The van der Waals surface area contributed by atoms with Gasteiger partial charge in [0, 0.05) is 17.3 Å². The lowest BCUT2D eigenvalue weighted by Crippen LogP contribution is -2.12. The molecular formula is C15H12FN5O2. The fourth-order valence-corrected chi connectivity index (χ4v) is 2.02. The van der Waals surface area contributed by atoms with Gasteiger partial charge in [0.25, 0.3) is 5.91 Å². The highest BCUT2D eigenvalue weighted by Crippen LogP contribution is 2.26. The quantitative estimate of drug-likeness (QED) is 0.797. The summed E-state index contributed by atoms with van der Waals surface area (Å²) in [5, 5.41) is 13.7. The number of anilines is 1. The van der Waals surface area contributed by atoms with Crippen LogP contribution in [0.4, 0.5) is 10.1 Å². The monoisotopic (exact) mass is 313 g/mol. The van der Waals surface area contributed by atoms with Crippen LogP contribution >= 0.6 is 0 Å². The SMILES string of the molecule is COc1cc(NC(=O)c2ccc(F)cc2)ccc1-n1cnnn1. The highest BCUT2D eigenvalue weighted by atomic mass is 19.1. The van der Waals surface area contributed by atoms with Crippen LogP contribution in [0, 0.1) is 5.82 Å². The van der Waals surface area contributed by atoms with Crippen molar-refractivity contribution in [3.8, 4) is 11.4 Å². The molecule has 3 rings (SSSR count). The summed E-state index contributed by atoms with van der Waals surface area (Å²) in [5.74, 6) is -0.245. The zero-order valence-corrected chi connectivity index (χ0v) is 12.1. The molecule has 0 fully saturated rings. The second-order valence-corrected chi connectivity index (χ2v) is 4.60. The summed E-state index contributed by atoms with van der Waals surface area (Å²) in [6, 6.07) is 10.4. The van der Waals surface area contributed by atoms with Crippen LogP contribution in [0.25, 0.3) is 5.69 Å². The fraction of sp³-hybridized carbons (Fsp3) is 0.0667. The van der Waals surface area contributed by atoms with Gasteiger partial charge in [-0.25, -0.2) is 4.39 Å². The molecule has 8 heteroatoms. The number of nitrogens with zero attached hydrogens (tertiary/aromatic N) is 4. The molecule has 7 nitrogen and oxygen atoms in total. The molecule has 0 radical (unpaired) electrons. The zero-order valence-electron chi connectivity index (χ0n) is 12.1. The molecule has 0 aliphatic heterocycles. The van der Waals surface area contributed by atoms with Crippen LogP contribution in [0.3, 0.4) is 0 Å². The van der Waals surface area contributed by atoms with Gasteiger partial charge in [-0.2, -0.15) is 4.68 Å². The minimum Gasteiger partial charge on any atom is -0.494 e. The van der Waals surface area contributed by atoms with Crippen molar-refractivity contribution in [2.45, 2.75) is 0 Å². The molecule has 2 aromatic carbocycles. The molecule has 1 heterocycles. The number of hydrogen-bond donors (Lipinski definition) is 1. The van der Waals surface area contributed by atoms with Gasteiger partial charge in [0.15, 0.2) is 0 Å². The third-order valence-electron chi connectivity index (χ3n) is 3.14. The lowest BCUT2D eigenvalue weighted by atomic mass is 10.2. The van der Waals surface area contributed by atoms with E-state index in [-0.39, 0.29) is 5.91 Å². The molecule has 116 valence electrons. The second kappa shape index (κ2) is 6.22. The maximum Gasteiger partial charge on any atom is 0.255 e. The zero-order chi connectivity index (χ0) is 16.2. The molecule has 0 atom stereocenters. The highest BCUT2D eigenvalue weighted by molar-refractivity contribution is 6.04. The number of nitrogens with one attached hydrogen (secondary N) is 1. The molecule has 3 aromatic rings. The van der Waals surface area contributed by atoms with Gasteiger partial charge >= 0.3 is 0 Å². The summed E-state index contributed by atoms with van der Waals surface area (Å²) in [6.45, 7) is 0. The number of carbonyl (C=O) groups excluding carboxylic acids is 1. The first-order valence-corrected chi connectivity index (χ1v) is 6.65. The van der Waals surface area contributed by atoms with Crippen molar-refractivity contribution in [1.29, 1.82) is 0 Å². The Hall–Kier alpha value is -3.29. The number of carbonyl (C=O) groups is 1. The van der Waals surface area contributed by atoms with E-state index in [1.165, 1.54) is 42.4 Å². The van der Waals surface area contributed by atoms with Crippen molar-refractivity contribution >= 4 is 11.6 Å². The van der Waals surface area contributed by atoms with Crippen LogP contribution in [0.2, 0.25) is 0 Å². The minimum absolute atomic E-state index is 0.345. The summed E-state index contributed by atoms with van der Waals surface area (Å²) in [4.78, 5) is 12.1. The van der Waals surface area contributed by atoms with Gasteiger partial charge in [-0.15, -0.1) is 5.10 Å². The van der Waals surface area contributed by atoms with E-state index in [1.807, 2.05) is 0 Å². The van der Waals surface area contributed by atoms with Crippen molar-refractivity contribution in [1.82, 2.24) is 20.2 Å². The third kappa shape index (κ3) is 3.15. The molecular weight excluding hydrogens is 301 g/mol. The largest absolute Gasteiger partial charge is 0.494 e. The maximum atomic E-state index is 12.9. The van der Waals surface area contributed by atoms with Gasteiger partial charge in [-0.05, 0) is 46.8 Å². The van der Waals surface area contributed by atoms with Gasteiger partial charge in [-0.3, -0.25) is 4.79 Å². The third-order valence-corrected chi connectivity index (χ3v) is 3.14. The van der Waals surface area contributed by atoms with Crippen molar-refractivity contribution < 1.29 is 13.9 Å². The number of tetrazole rings is 1. The first kappa shape index (κ1) is 14.6. The number of aromatic nitrogens is 4. The number of methoxy groups -OCH3 is 1. The van der Waals surface area contributed by atoms with Crippen LogP contribution in [0.15, 0.2) is 48.8 Å². The van der Waals surface area contributed by atoms with Crippen LogP contribution < -0.4 is 10.1 Å². The smallest absolute Gasteiger partial charge is 0.255 e. The van der Waals surface area contributed by atoms with Crippen molar-refractivity contribution in [2.24, 2.45) is 0 Å². The van der Waals surface area contributed by atoms with Gasteiger partial charge < -0.3 is 10.1 Å². The topological polar surface area (TPSA) is 81.9 Å². The second-order valence-electron chi connectivity index (χ2n) is 4.60. The minimum atomic E-state index is -0.394. The predicted molar refractivity (Wildman–Crippen MR) is 80.1 cm³/mol. The summed E-state index contributed by atoms with van der Waals surface area (Å²) in [5.41, 5.74) is 1.53. The Bertz CT molecular complexity index is 818.